The molecule has 5 nitrogen and oxygen atoms in total. The summed E-state index contributed by atoms with van der Waals surface area (Å²) in [5, 5.41) is 7.03. The van der Waals surface area contributed by atoms with Crippen molar-refractivity contribution in [2.24, 2.45) is 5.92 Å². The maximum Gasteiger partial charge on any atom is 0.231 e. The zero-order valence-corrected chi connectivity index (χ0v) is 16.3. The summed E-state index contributed by atoms with van der Waals surface area (Å²) in [5.74, 6) is 2.28. The number of ether oxygens (including phenoxy) is 2. The van der Waals surface area contributed by atoms with Crippen LogP contribution in [0.3, 0.4) is 0 Å². The van der Waals surface area contributed by atoms with Crippen molar-refractivity contribution in [3.05, 3.63) is 48.0 Å². The van der Waals surface area contributed by atoms with Crippen molar-refractivity contribution in [1.82, 2.24) is 5.32 Å². The van der Waals surface area contributed by atoms with E-state index in [9.17, 15) is 0 Å². The van der Waals surface area contributed by atoms with Crippen molar-refractivity contribution in [3.8, 4) is 11.5 Å². The lowest BCUT2D eigenvalue weighted by Crippen LogP contribution is -2.34. The van der Waals surface area contributed by atoms with E-state index in [1.165, 1.54) is 24.1 Å². The minimum atomic E-state index is 0.272. The first kappa shape index (κ1) is 17.9. The van der Waals surface area contributed by atoms with Crippen molar-refractivity contribution >= 4 is 28.7 Å². The quantitative estimate of drug-likeness (QED) is 0.774. The van der Waals surface area contributed by atoms with Gasteiger partial charge in [-0.15, -0.1) is 0 Å². The molecule has 2 aliphatic rings. The van der Waals surface area contributed by atoms with Gasteiger partial charge in [-0.1, -0.05) is 19.1 Å². The molecule has 2 aromatic rings. The number of nitrogens with zero attached hydrogens (tertiary/aromatic N) is 1. The van der Waals surface area contributed by atoms with Crippen molar-refractivity contribution in [2.45, 2.75) is 26.3 Å². The van der Waals surface area contributed by atoms with Crippen LogP contribution in [0, 0.1) is 5.92 Å². The molecule has 2 aliphatic heterocycles. The van der Waals surface area contributed by atoms with Gasteiger partial charge in [0.15, 0.2) is 16.6 Å². The number of anilines is 2. The van der Waals surface area contributed by atoms with E-state index in [1.54, 1.807) is 0 Å². The van der Waals surface area contributed by atoms with Gasteiger partial charge in [-0.05, 0) is 60.8 Å². The second-order valence-corrected chi connectivity index (χ2v) is 7.64. The maximum absolute atomic E-state index is 5.40. The van der Waals surface area contributed by atoms with Crippen molar-refractivity contribution in [3.63, 3.8) is 0 Å². The molecule has 27 heavy (non-hydrogen) atoms. The van der Waals surface area contributed by atoms with Gasteiger partial charge in [-0.3, -0.25) is 0 Å². The van der Waals surface area contributed by atoms with Crippen molar-refractivity contribution in [2.75, 3.05) is 30.1 Å². The zero-order valence-electron chi connectivity index (χ0n) is 15.5. The lowest BCUT2D eigenvalue weighted by Gasteiger charge is -2.32. The largest absolute Gasteiger partial charge is 0.454 e. The zero-order chi connectivity index (χ0) is 18.6. The highest BCUT2D eigenvalue weighted by molar-refractivity contribution is 7.80. The highest BCUT2D eigenvalue weighted by atomic mass is 32.1. The first-order valence-corrected chi connectivity index (χ1v) is 9.86. The predicted molar refractivity (Wildman–Crippen MR) is 113 cm³/mol. The van der Waals surface area contributed by atoms with E-state index in [-0.39, 0.29) is 6.79 Å². The van der Waals surface area contributed by atoms with Gasteiger partial charge in [0.2, 0.25) is 6.79 Å². The van der Waals surface area contributed by atoms with Gasteiger partial charge in [-0.2, -0.15) is 0 Å². The number of nitrogens with one attached hydrogen (secondary N) is 2. The molecule has 0 spiro atoms. The number of rotatable bonds is 4. The van der Waals surface area contributed by atoms with Gasteiger partial charge in [-0.25, -0.2) is 0 Å². The fourth-order valence-corrected chi connectivity index (χ4v) is 3.77. The Morgan fingerprint density at radius 2 is 1.96 bits per heavy atom. The van der Waals surface area contributed by atoms with Crippen LogP contribution in [0.5, 0.6) is 11.5 Å². The Labute approximate surface area is 165 Å². The smallest absolute Gasteiger partial charge is 0.231 e. The Morgan fingerprint density at radius 1 is 1.15 bits per heavy atom. The second-order valence-electron chi connectivity index (χ2n) is 7.24. The number of fused-ring (bicyclic) bond motifs is 1. The van der Waals surface area contributed by atoms with Crippen LogP contribution in [0.2, 0.25) is 0 Å². The Bertz CT molecular complexity index is 810. The molecule has 2 N–H and O–H groups in total. The third-order valence-corrected chi connectivity index (χ3v) is 5.29. The van der Waals surface area contributed by atoms with Crippen molar-refractivity contribution < 1.29 is 9.47 Å². The molecule has 1 atom stereocenters. The van der Waals surface area contributed by atoms with Crippen LogP contribution in [0.15, 0.2) is 42.5 Å². The van der Waals surface area contributed by atoms with Crippen LogP contribution in [0.4, 0.5) is 11.4 Å². The number of hydrogen-bond donors (Lipinski definition) is 2. The molecule has 2 heterocycles. The van der Waals surface area contributed by atoms with Crippen LogP contribution in [0.1, 0.15) is 25.3 Å². The summed E-state index contributed by atoms with van der Waals surface area (Å²) in [5.41, 5.74) is 3.40. The molecule has 0 aliphatic carbocycles. The Balaban J connectivity index is 1.28. The molecule has 0 radical (unpaired) electrons. The van der Waals surface area contributed by atoms with E-state index in [1.807, 2.05) is 18.2 Å². The fraction of sp³-hybridized carbons (Fsp3) is 0.381. The average molecular weight is 384 g/mol. The van der Waals surface area contributed by atoms with Crippen LogP contribution in [0.25, 0.3) is 0 Å². The van der Waals surface area contributed by atoms with E-state index in [0.29, 0.717) is 11.7 Å². The number of benzene rings is 2. The summed E-state index contributed by atoms with van der Waals surface area (Å²) in [6, 6.07) is 14.5. The number of thiocarbonyl (C=S) groups is 1. The summed E-state index contributed by atoms with van der Waals surface area (Å²) >= 11 is 5.40. The van der Waals surface area contributed by atoms with Gasteiger partial charge < -0.3 is 25.0 Å². The van der Waals surface area contributed by atoms with Gasteiger partial charge in [0.05, 0.1) is 0 Å². The van der Waals surface area contributed by atoms with Gasteiger partial charge in [0.1, 0.15) is 0 Å². The molecule has 0 saturated carbocycles. The molecule has 0 aromatic heterocycles. The summed E-state index contributed by atoms with van der Waals surface area (Å²) in [4.78, 5) is 2.48. The van der Waals surface area contributed by atoms with E-state index in [4.69, 9.17) is 21.7 Å². The molecule has 6 heteroatoms. The highest BCUT2D eigenvalue weighted by Crippen LogP contribution is 2.34. The molecule has 1 saturated heterocycles. The monoisotopic (exact) mass is 383 g/mol. The first-order valence-electron chi connectivity index (χ1n) is 9.46. The van der Waals surface area contributed by atoms with E-state index in [2.05, 4.69) is 46.7 Å². The van der Waals surface area contributed by atoms with Crippen LogP contribution in [-0.2, 0) is 6.54 Å². The molecular weight excluding hydrogens is 358 g/mol. The normalized spacial score (nSPS) is 18.3. The lowest BCUT2D eigenvalue weighted by atomic mass is 9.99. The summed E-state index contributed by atoms with van der Waals surface area (Å²) in [7, 11) is 0. The summed E-state index contributed by atoms with van der Waals surface area (Å²) in [6.07, 6.45) is 2.62. The third-order valence-electron chi connectivity index (χ3n) is 5.04. The predicted octanol–water partition coefficient (Wildman–Crippen LogP) is 4.14. The Kier molecular flexibility index (Phi) is 5.34. The lowest BCUT2D eigenvalue weighted by molar-refractivity contribution is 0.174. The molecular formula is C21H25N3O2S. The molecule has 4 rings (SSSR count). The standard InChI is InChI=1S/C21H25N3O2S/c1-15-3-2-10-24(13-15)18-7-4-16(5-8-18)12-22-21(27)23-17-6-9-19-20(11-17)26-14-25-19/h4-9,11,15H,2-3,10,12-14H2,1H3,(H2,22,23,27)/t15-/m1/s1. The van der Waals surface area contributed by atoms with Gasteiger partial charge >= 0.3 is 0 Å². The second kappa shape index (κ2) is 8.05. The fourth-order valence-electron chi connectivity index (χ4n) is 3.58. The molecule has 0 bridgehead atoms. The third kappa shape index (κ3) is 4.45. The van der Waals surface area contributed by atoms with Crippen LogP contribution < -0.4 is 25.0 Å². The van der Waals surface area contributed by atoms with E-state index >= 15 is 0 Å². The summed E-state index contributed by atoms with van der Waals surface area (Å²) < 4.78 is 10.7. The van der Waals surface area contributed by atoms with Crippen molar-refractivity contribution in [1.29, 1.82) is 0 Å². The molecule has 2 aromatic carbocycles. The van der Waals surface area contributed by atoms with Crippen LogP contribution >= 0.6 is 12.2 Å². The van der Waals surface area contributed by atoms with E-state index < -0.39 is 0 Å². The minimum Gasteiger partial charge on any atom is -0.454 e. The Hall–Kier alpha value is -2.47. The Morgan fingerprint density at radius 3 is 2.78 bits per heavy atom. The SMILES string of the molecule is C[C@@H]1CCCN(c2ccc(CNC(=S)Nc3ccc4c(c3)OCO4)cc2)C1. The number of piperidine rings is 1. The maximum atomic E-state index is 5.40. The molecule has 0 unspecified atom stereocenters. The topological polar surface area (TPSA) is 45.8 Å². The highest BCUT2D eigenvalue weighted by Gasteiger charge is 2.16. The molecule has 0 amide bonds. The summed E-state index contributed by atoms with van der Waals surface area (Å²) in [6.45, 7) is 5.60. The van der Waals surface area contributed by atoms with Gasteiger partial charge in [0.25, 0.3) is 0 Å². The minimum absolute atomic E-state index is 0.272. The molecule has 1 fully saturated rings. The number of hydrogen-bond acceptors (Lipinski definition) is 4. The average Bonchev–Trinajstić information content (AvgIpc) is 3.15. The van der Waals surface area contributed by atoms with E-state index in [0.717, 1.165) is 36.2 Å². The molecule has 142 valence electrons. The van der Waals surface area contributed by atoms with Gasteiger partial charge in [0, 0.05) is 37.1 Å². The first-order chi connectivity index (χ1) is 13.2. The van der Waals surface area contributed by atoms with Crippen LogP contribution in [-0.4, -0.2) is 25.0 Å².